The van der Waals surface area contributed by atoms with Crippen LogP contribution in [0.5, 0.6) is 17.2 Å². The molecule has 0 amide bonds. The van der Waals surface area contributed by atoms with E-state index in [9.17, 15) is 10.2 Å². The van der Waals surface area contributed by atoms with Gasteiger partial charge in [0.25, 0.3) is 0 Å². The number of aromatic nitrogens is 1. The normalized spacial score (nSPS) is 11.1. The van der Waals surface area contributed by atoms with Gasteiger partial charge in [0.2, 0.25) is 5.89 Å². The van der Waals surface area contributed by atoms with E-state index in [4.69, 9.17) is 9.15 Å². The van der Waals surface area contributed by atoms with Gasteiger partial charge < -0.3 is 19.4 Å². The molecule has 0 unspecified atom stereocenters. The van der Waals surface area contributed by atoms with E-state index in [1.54, 1.807) is 11.3 Å². The van der Waals surface area contributed by atoms with Crippen LogP contribution in [-0.2, 0) is 6.42 Å². The summed E-state index contributed by atoms with van der Waals surface area (Å²) in [7, 11) is 0. The molecule has 0 fully saturated rings. The van der Waals surface area contributed by atoms with Crippen LogP contribution >= 0.6 is 11.3 Å². The number of aryl methyl sites for hydroxylation is 1. The molecule has 0 atom stereocenters. The van der Waals surface area contributed by atoms with E-state index in [0.717, 1.165) is 16.8 Å². The first-order chi connectivity index (χ1) is 12.6. The lowest BCUT2D eigenvalue weighted by molar-refractivity contribution is 0.323. The molecule has 6 heteroatoms. The Bertz CT molecular complexity index is 1050. The van der Waals surface area contributed by atoms with Gasteiger partial charge in [-0.3, -0.25) is 0 Å². The van der Waals surface area contributed by atoms with Gasteiger partial charge in [-0.05, 0) is 42.6 Å². The number of nitrogens with zero attached hydrogens (tertiary/aromatic N) is 1. The molecule has 2 heterocycles. The lowest BCUT2D eigenvalue weighted by Crippen LogP contribution is -2.02. The Morgan fingerprint density at radius 2 is 1.92 bits per heavy atom. The number of benzene rings is 2. The lowest BCUT2D eigenvalue weighted by atomic mass is 10.2. The smallest absolute Gasteiger partial charge is 0.226 e. The van der Waals surface area contributed by atoms with Crippen LogP contribution in [0.25, 0.3) is 21.5 Å². The molecule has 0 aliphatic rings. The summed E-state index contributed by atoms with van der Waals surface area (Å²) < 4.78 is 12.8. The molecule has 4 aromatic rings. The predicted octanol–water partition coefficient (Wildman–Crippen LogP) is 4.90. The minimum Gasteiger partial charge on any atom is -0.508 e. The summed E-state index contributed by atoms with van der Waals surface area (Å²) in [5.74, 6) is 1.85. The van der Waals surface area contributed by atoms with Crippen molar-refractivity contribution in [3.8, 4) is 28.7 Å². The summed E-state index contributed by atoms with van der Waals surface area (Å²) in [6.45, 7) is 2.32. The van der Waals surface area contributed by atoms with Crippen molar-refractivity contribution < 1.29 is 19.4 Å². The summed E-state index contributed by atoms with van der Waals surface area (Å²) in [5.41, 5.74) is 1.32. The first-order valence-electron chi connectivity index (χ1n) is 8.19. The maximum absolute atomic E-state index is 9.62. The van der Waals surface area contributed by atoms with Gasteiger partial charge in [0.05, 0.1) is 12.3 Å². The summed E-state index contributed by atoms with van der Waals surface area (Å²) in [6, 6.07) is 12.4. The Labute approximate surface area is 154 Å². The summed E-state index contributed by atoms with van der Waals surface area (Å²) in [6.07, 6.45) is 0.598. The van der Waals surface area contributed by atoms with Crippen molar-refractivity contribution in [3.63, 3.8) is 0 Å². The van der Waals surface area contributed by atoms with Crippen LogP contribution in [0.1, 0.15) is 11.5 Å². The topological polar surface area (TPSA) is 75.7 Å². The minimum atomic E-state index is -0.0374. The zero-order chi connectivity index (χ0) is 18.1. The third-order valence-corrected chi connectivity index (χ3v) is 4.98. The van der Waals surface area contributed by atoms with Crippen LogP contribution in [0.4, 0.5) is 0 Å². The maximum atomic E-state index is 9.62. The quantitative estimate of drug-likeness (QED) is 0.525. The van der Waals surface area contributed by atoms with Gasteiger partial charge in [0.1, 0.15) is 23.0 Å². The average Bonchev–Trinajstić information content (AvgIpc) is 3.21. The van der Waals surface area contributed by atoms with Crippen molar-refractivity contribution in [2.75, 3.05) is 6.61 Å². The Morgan fingerprint density at radius 3 is 2.73 bits per heavy atom. The zero-order valence-electron chi connectivity index (χ0n) is 14.1. The highest BCUT2D eigenvalue weighted by Gasteiger charge is 2.13. The molecule has 26 heavy (non-hydrogen) atoms. The van der Waals surface area contributed by atoms with Crippen molar-refractivity contribution >= 4 is 21.4 Å². The minimum absolute atomic E-state index is 0.0374. The van der Waals surface area contributed by atoms with E-state index in [1.165, 1.54) is 22.9 Å². The van der Waals surface area contributed by atoms with E-state index < -0.39 is 0 Å². The van der Waals surface area contributed by atoms with Crippen molar-refractivity contribution in [1.82, 2.24) is 4.98 Å². The molecule has 0 aliphatic heterocycles. The Kier molecular flexibility index (Phi) is 4.26. The fourth-order valence-electron chi connectivity index (χ4n) is 2.85. The van der Waals surface area contributed by atoms with Gasteiger partial charge in [-0.15, -0.1) is 11.3 Å². The number of aromatic hydroxyl groups is 2. The summed E-state index contributed by atoms with van der Waals surface area (Å²) in [5, 5.41) is 22.4. The number of hydrogen-bond donors (Lipinski definition) is 2. The molecule has 0 aliphatic carbocycles. The van der Waals surface area contributed by atoms with Gasteiger partial charge in [-0.2, -0.15) is 0 Å². The van der Waals surface area contributed by atoms with Gasteiger partial charge in [-0.1, -0.05) is 6.07 Å². The highest BCUT2D eigenvalue weighted by molar-refractivity contribution is 7.17. The zero-order valence-corrected chi connectivity index (χ0v) is 14.9. The number of rotatable bonds is 5. The van der Waals surface area contributed by atoms with Gasteiger partial charge >= 0.3 is 0 Å². The first kappa shape index (κ1) is 16.5. The van der Waals surface area contributed by atoms with E-state index in [-0.39, 0.29) is 11.5 Å². The lowest BCUT2D eigenvalue weighted by Gasteiger charge is -2.06. The van der Waals surface area contributed by atoms with Gasteiger partial charge in [0.15, 0.2) is 0 Å². The number of phenolic OH excluding ortho intramolecular Hbond substituents is 2. The van der Waals surface area contributed by atoms with Crippen LogP contribution in [0, 0.1) is 6.92 Å². The highest BCUT2D eigenvalue weighted by atomic mass is 32.1. The van der Waals surface area contributed by atoms with E-state index >= 15 is 0 Å². The SMILES string of the molecule is Cc1oc(-c2cc(O)cc(O)c2)nc1CCOc1cccc2sccc12. The standard InChI is InChI=1S/C20H17NO4S/c1-12-17(21-20(25-12)13-9-14(22)11-15(23)10-13)5-7-24-18-3-2-4-19-16(18)6-8-26-19/h2-4,6,8-11,22-23H,5,7H2,1H3. The Hall–Kier alpha value is -2.99. The van der Waals surface area contributed by atoms with Crippen LogP contribution in [-0.4, -0.2) is 21.8 Å². The maximum Gasteiger partial charge on any atom is 0.226 e. The van der Waals surface area contributed by atoms with E-state index in [1.807, 2.05) is 19.1 Å². The molecular formula is C20H17NO4S. The fraction of sp³-hybridized carbons (Fsp3) is 0.150. The van der Waals surface area contributed by atoms with Crippen molar-refractivity contribution in [3.05, 3.63) is 59.3 Å². The number of fused-ring (bicyclic) bond motifs is 1. The van der Waals surface area contributed by atoms with Crippen molar-refractivity contribution in [2.45, 2.75) is 13.3 Å². The molecule has 2 aromatic heterocycles. The Balaban J connectivity index is 1.49. The molecular weight excluding hydrogens is 350 g/mol. The number of thiophene rings is 1. The largest absolute Gasteiger partial charge is 0.508 e. The number of ether oxygens (including phenoxy) is 1. The van der Waals surface area contributed by atoms with Crippen LogP contribution in [0.2, 0.25) is 0 Å². The van der Waals surface area contributed by atoms with Gasteiger partial charge in [-0.25, -0.2) is 4.98 Å². The number of hydrogen-bond acceptors (Lipinski definition) is 6. The first-order valence-corrected chi connectivity index (χ1v) is 9.07. The average molecular weight is 367 g/mol. The Morgan fingerprint density at radius 1 is 1.12 bits per heavy atom. The van der Waals surface area contributed by atoms with Crippen molar-refractivity contribution in [1.29, 1.82) is 0 Å². The second-order valence-electron chi connectivity index (χ2n) is 5.95. The van der Waals surface area contributed by atoms with E-state index in [2.05, 4.69) is 22.5 Å². The molecule has 2 N–H and O–H groups in total. The molecule has 5 nitrogen and oxygen atoms in total. The molecule has 2 aromatic carbocycles. The molecule has 0 saturated heterocycles. The van der Waals surface area contributed by atoms with Crippen LogP contribution in [0.15, 0.2) is 52.3 Å². The molecule has 0 saturated carbocycles. The molecule has 4 rings (SSSR count). The predicted molar refractivity (Wildman–Crippen MR) is 101 cm³/mol. The van der Waals surface area contributed by atoms with Gasteiger partial charge in [0, 0.05) is 28.1 Å². The summed E-state index contributed by atoms with van der Waals surface area (Å²) >= 11 is 1.69. The van der Waals surface area contributed by atoms with Crippen molar-refractivity contribution in [2.24, 2.45) is 0 Å². The third-order valence-electron chi connectivity index (χ3n) is 4.09. The van der Waals surface area contributed by atoms with E-state index in [0.29, 0.717) is 30.2 Å². The third kappa shape index (κ3) is 3.23. The second kappa shape index (κ2) is 6.72. The highest BCUT2D eigenvalue weighted by Crippen LogP contribution is 2.31. The molecule has 132 valence electrons. The molecule has 0 radical (unpaired) electrons. The molecule has 0 spiro atoms. The van der Waals surface area contributed by atoms with Crippen LogP contribution in [0.3, 0.4) is 0 Å². The number of phenols is 2. The molecule has 0 bridgehead atoms. The number of oxazole rings is 1. The summed E-state index contributed by atoms with van der Waals surface area (Å²) in [4.78, 5) is 4.48. The van der Waals surface area contributed by atoms with Crippen LogP contribution < -0.4 is 4.74 Å². The fourth-order valence-corrected chi connectivity index (χ4v) is 3.66. The monoisotopic (exact) mass is 367 g/mol. The second-order valence-corrected chi connectivity index (χ2v) is 6.89.